The van der Waals surface area contributed by atoms with Crippen molar-refractivity contribution >= 4 is 32.0 Å². The van der Waals surface area contributed by atoms with Crippen molar-refractivity contribution in [1.29, 1.82) is 0 Å². The van der Waals surface area contributed by atoms with Gasteiger partial charge in [0.25, 0.3) is 20.0 Å². The molecule has 12 heteroatoms. The third kappa shape index (κ3) is 4.19. The van der Waals surface area contributed by atoms with Gasteiger partial charge in [-0.3, -0.25) is 0 Å². The van der Waals surface area contributed by atoms with Gasteiger partial charge in [-0.2, -0.15) is 8.78 Å². The first-order valence-electron chi connectivity index (χ1n) is 6.75. The Hall–Kier alpha value is -1.63. The first-order valence-corrected chi connectivity index (χ1v) is 10.4. The smallest absolute Gasteiger partial charge is 0.205 e. The van der Waals surface area contributed by atoms with Crippen LogP contribution in [0.3, 0.4) is 0 Å². The minimum absolute atomic E-state index is 0.642. The van der Waals surface area contributed by atoms with Crippen molar-refractivity contribution in [2.75, 3.05) is 0 Å². The van der Waals surface area contributed by atoms with E-state index in [1.807, 2.05) is 0 Å². The van der Waals surface area contributed by atoms with Crippen LogP contribution in [0.25, 0.3) is 0 Å². The molecule has 2 aromatic carbocycles. The third-order valence-electron chi connectivity index (χ3n) is 2.92. The summed E-state index contributed by atoms with van der Waals surface area (Å²) >= 11 is -1.27. The molecule has 0 radical (unpaired) electrons. The van der Waals surface area contributed by atoms with Gasteiger partial charge >= 0.3 is 11.7 Å². The highest BCUT2D eigenvalue weighted by Gasteiger charge is 2.51. The third-order valence-corrected chi connectivity index (χ3v) is 8.82. The number of benzene rings is 2. The van der Waals surface area contributed by atoms with Crippen molar-refractivity contribution in [3.05, 3.63) is 60.7 Å². The number of hydrogen-bond donors (Lipinski definition) is 0. The summed E-state index contributed by atoms with van der Waals surface area (Å²) in [5.74, 6) is 0. The molecule has 0 unspecified atom stereocenters. The SMILES string of the molecule is O=S(=O)(c1ccccc1)N(SC(F)(F)C(F)F)S(=O)(=O)c1ccccc1. The van der Waals surface area contributed by atoms with Crippen molar-refractivity contribution in [3.8, 4) is 0 Å². The molecule has 0 heterocycles. The summed E-state index contributed by atoms with van der Waals surface area (Å²) in [5.41, 5.74) is 0. The number of rotatable bonds is 7. The van der Waals surface area contributed by atoms with E-state index in [9.17, 15) is 34.4 Å². The van der Waals surface area contributed by atoms with Gasteiger partial charge < -0.3 is 0 Å². The summed E-state index contributed by atoms with van der Waals surface area (Å²) in [4.78, 5) is -1.28. The summed E-state index contributed by atoms with van der Waals surface area (Å²) in [6.07, 6.45) is -4.29. The molecule has 0 bridgehead atoms. The number of hydrogen-bond acceptors (Lipinski definition) is 5. The molecule has 0 aliphatic rings. The normalized spacial score (nSPS) is 13.3. The molecule has 0 atom stereocenters. The second kappa shape index (κ2) is 7.55. The van der Waals surface area contributed by atoms with Gasteiger partial charge in [-0.05, 0) is 27.4 Å². The second-order valence-corrected chi connectivity index (χ2v) is 10.1. The van der Waals surface area contributed by atoms with Gasteiger partial charge in [-0.1, -0.05) is 36.4 Å². The van der Waals surface area contributed by atoms with E-state index in [2.05, 4.69) is 0 Å². The Labute approximate surface area is 151 Å². The molecule has 0 amide bonds. The molecule has 0 aliphatic carbocycles. The van der Waals surface area contributed by atoms with Crippen molar-refractivity contribution in [2.24, 2.45) is 0 Å². The molecule has 0 saturated heterocycles. The molecule has 142 valence electrons. The first-order chi connectivity index (χ1) is 12.0. The lowest BCUT2D eigenvalue weighted by molar-refractivity contribution is -0.0572. The Kier molecular flexibility index (Phi) is 6.00. The van der Waals surface area contributed by atoms with Gasteiger partial charge in [0.2, 0.25) is 0 Å². The van der Waals surface area contributed by atoms with E-state index >= 15 is 0 Å². The molecule has 26 heavy (non-hydrogen) atoms. The molecule has 0 spiro atoms. The van der Waals surface area contributed by atoms with Crippen LogP contribution in [0.15, 0.2) is 70.5 Å². The lowest BCUT2D eigenvalue weighted by Crippen LogP contribution is -2.37. The average molecular weight is 429 g/mol. The molecule has 5 nitrogen and oxygen atoms in total. The summed E-state index contributed by atoms with van der Waals surface area (Å²) in [6, 6.07) is 11.6. The zero-order valence-electron chi connectivity index (χ0n) is 12.7. The minimum Gasteiger partial charge on any atom is -0.205 e. The molecule has 0 saturated carbocycles. The predicted molar refractivity (Wildman–Crippen MR) is 87.6 cm³/mol. The van der Waals surface area contributed by atoms with Crippen molar-refractivity contribution in [2.45, 2.75) is 21.5 Å². The maximum Gasteiger partial charge on any atom is 0.368 e. The summed E-state index contributed by atoms with van der Waals surface area (Å²) in [7, 11) is -10.2. The fourth-order valence-corrected chi connectivity index (χ4v) is 6.80. The standard InChI is InChI=1S/C14H11F4NO4S3/c15-13(16)14(17,18)24-19(25(20,21)11-7-3-1-4-8-11)26(22,23)12-9-5-2-6-10-12/h1-10,13H. The number of nitrogens with zero attached hydrogens (tertiary/aromatic N) is 1. The van der Waals surface area contributed by atoms with Gasteiger partial charge in [0.1, 0.15) is 0 Å². The molecule has 2 rings (SSSR count). The van der Waals surface area contributed by atoms with E-state index in [1.54, 1.807) is 0 Å². The first kappa shape index (κ1) is 20.7. The number of sulfonamides is 2. The highest BCUT2D eigenvalue weighted by Crippen LogP contribution is 2.43. The van der Waals surface area contributed by atoms with E-state index in [0.717, 1.165) is 24.3 Å². The summed E-state index contributed by atoms with van der Waals surface area (Å²) < 4.78 is 102. The lowest BCUT2D eigenvalue weighted by Gasteiger charge is -2.24. The molecule has 0 N–H and O–H groups in total. The summed E-state index contributed by atoms with van der Waals surface area (Å²) in [5, 5.41) is -4.95. The predicted octanol–water partition coefficient (Wildman–Crippen LogP) is 3.57. The molecule has 0 fully saturated rings. The highest BCUT2D eigenvalue weighted by atomic mass is 32.3. The van der Waals surface area contributed by atoms with E-state index in [1.165, 1.54) is 36.4 Å². The van der Waals surface area contributed by atoms with E-state index in [4.69, 9.17) is 0 Å². The number of halogens is 4. The quantitative estimate of drug-likeness (QED) is 0.497. The van der Waals surface area contributed by atoms with Crippen LogP contribution in [0.4, 0.5) is 17.6 Å². The van der Waals surface area contributed by atoms with Gasteiger partial charge in [0, 0.05) is 11.9 Å². The Bertz CT molecular complexity index is 883. The zero-order valence-corrected chi connectivity index (χ0v) is 15.1. The highest BCUT2D eigenvalue weighted by molar-refractivity contribution is 8.20. The van der Waals surface area contributed by atoms with Crippen LogP contribution < -0.4 is 0 Å². The Morgan fingerprint density at radius 3 is 1.42 bits per heavy atom. The maximum atomic E-state index is 13.5. The largest absolute Gasteiger partial charge is 0.368 e. The van der Waals surface area contributed by atoms with E-state index in [-0.39, 0.29) is 0 Å². The number of alkyl halides is 4. The average Bonchev–Trinajstić information content (AvgIpc) is 2.61. The fraction of sp³-hybridized carbons (Fsp3) is 0.143. The van der Waals surface area contributed by atoms with Crippen LogP contribution in [-0.2, 0) is 20.0 Å². The topological polar surface area (TPSA) is 71.5 Å². The molecular formula is C14H11F4NO4S3. The molecule has 0 aliphatic heterocycles. The van der Waals surface area contributed by atoms with E-state index < -0.39 is 56.6 Å². The van der Waals surface area contributed by atoms with Crippen LogP contribution in [0, 0.1) is 0 Å². The van der Waals surface area contributed by atoms with Crippen molar-refractivity contribution < 1.29 is 34.4 Å². The maximum absolute atomic E-state index is 13.5. The fourth-order valence-electron chi connectivity index (χ4n) is 1.72. The molecular weight excluding hydrogens is 418 g/mol. The van der Waals surface area contributed by atoms with Gasteiger partial charge in [-0.25, -0.2) is 25.6 Å². The van der Waals surface area contributed by atoms with Crippen LogP contribution >= 0.6 is 11.9 Å². The second-order valence-electron chi connectivity index (χ2n) is 4.75. The van der Waals surface area contributed by atoms with Crippen LogP contribution in [0.5, 0.6) is 0 Å². The van der Waals surface area contributed by atoms with Gasteiger partial charge in [0.15, 0.2) is 0 Å². The van der Waals surface area contributed by atoms with Gasteiger partial charge in [-0.15, -0.1) is 0 Å². The minimum atomic E-state index is -5.08. The van der Waals surface area contributed by atoms with Crippen molar-refractivity contribution in [3.63, 3.8) is 0 Å². The summed E-state index contributed by atoms with van der Waals surface area (Å²) in [6.45, 7) is 0. The monoisotopic (exact) mass is 429 g/mol. The van der Waals surface area contributed by atoms with E-state index in [0.29, 0.717) is 0 Å². The zero-order chi connectivity index (χ0) is 19.6. The van der Waals surface area contributed by atoms with Crippen molar-refractivity contribution in [1.82, 2.24) is 3.12 Å². The Morgan fingerprint density at radius 2 is 1.12 bits per heavy atom. The lowest BCUT2D eigenvalue weighted by atomic mass is 10.4. The van der Waals surface area contributed by atoms with Crippen LogP contribution in [-0.4, -0.2) is 31.6 Å². The van der Waals surface area contributed by atoms with Crippen LogP contribution in [0.1, 0.15) is 0 Å². The molecule has 0 aromatic heterocycles. The van der Waals surface area contributed by atoms with Gasteiger partial charge in [0.05, 0.1) is 9.79 Å². The Morgan fingerprint density at radius 1 is 0.769 bits per heavy atom. The van der Waals surface area contributed by atoms with Crippen LogP contribution in [0.2, 0.25) is 0 Å². The molecule has 2 aromatic rings. The Balaban J connectivity index is 2.64.